The van der Waals surface area contributed by atoms with Gasteiger partial charge in [-0.2, -0.15) is 0 Å². The van der Waals surface area contributed by atoms with E-state index in [1.807, 2.05) is 0 Å². The first-order chi connectivity index (χ1) is 6.71. The third-order valence-corrected chi connectivity index (χ3v) is 6.26. The van der Waals surface area contributed by atoms with Gasteiger partial charge in [-0.1, -0.05) is 0 Å². The van der Waals surface area contributed by atoms with Gasteiger partial charge in [-0.15, -0.1) is 0 Å². The molecule has 0 saturated carbocycles. The molecule has 0 spiro atoms. The van der Waals surface area contributed by atoms with E-state index in [4.69, 9.17) is 5.73 Å². The van der Waals surface area contributed by atoms with Crippen molar-refractivity contribution in [2.24, 2.45) is 5.73 Å². The highest BCUT2D eigenvalue weighted by molar-refractivity contribution is 7.95. The maximum atomic E-state index is 11.4. The quantitative estimate of drug-likeness (QED) is 0.668. The summed E-state index contributed by atoms with van der Waals surface area (Å²) in [6, 6.07) is 0. The predicted octanol–water partition coefficient (Wildman–Crippen LogP) is -0.427. The topological polar surface area (TPSA) is 94.3 Å². The van der Waals surface area contributed by atoms with Gasteiger partial charge in [0.05, 0.1) is 22.5 Å². The number of nitrogens with two attached hydrogens (primary N) is 1. The average molecular weight is 257 g/mol. The van der Waals surface area contributed by atoms with Crippen LogP contribution in [0.15, 0.2) is 0 Å². The average Bonchev–Trinajstić information content (AvgIpc) is 2.12. The van der Waals surface area contributed by atoms with Crippen LogP contribution >= 0.6 is 0 Å². The molecule has 2 N–H and O–H groups in total. The van der Waals surface area contributed by atoms with Crippen molar-refractivity contribution in [1.82, 2.24) is 0 Å². The minimum atomic E-state index is -3.27. The van der Waals surface area contributed by atoms with Gasteiger partial charge in [-0.3, -0.25) is 0 Å². The van der Waals surface area contributed by atoms with Gasteiger partial charge in [0.15, 0.2) is 19.7 Å². The molecule has 0 rings (SSSR count). The zero-order chi connectivity index (χ0) is 12.1. The molecule has 0 aliphatic carbocycles. The summed E-state index contributed by atoms with van der Waals surface area (Å²) in [7, 11) is -6.54. The Balaban J connectivity index is 4.28. The largest absolute Gasteiger partial charge is 0.330 e. The van der Waals surface area contributed by atoms with Crippen molar-refractivity contribution in [2.75, 3.05) is 23.8 Å². The lowest BCUT2D eigenvalue weighted by atomic mass is 10.5. The fourth-order valence-electron chi connectivity index (χ4n) is 0.884. The normalized spacial score (nSPS) is 13.3. The minimum absolute atomic E-state index is 0.0306. The molecule has 92 valence electrons. The lowest BCUT2D eigenvalue weighted by Crippen LogP contribution is -2.25. The summed E-state index contributed by atoms with van der Waals surface area (Å²) in [5.74, 6) is -0.623. The summed E-state index contributed by atoms with van der Waals surface area (Å²) < 4.78 is 45.4. The Labute approximate surface area is 91.9 Å². The minimum Gasteiger partial charge on any atom is -0.330 e. The standard InChI is InChI=1S/C8H19NO4S2/c1-8(2)15(12,13)7-6-14(10,11)5-3-4-9/h8H,3-7,9H2,1-2H3. The van der Waals surface area contributed by atoms with Crippen LogP contribution in [0.3, 0.4) is 0 Å². The molecule has 5 nitrogen and oxygen atoms in total. The van der Waals surface area contributed by atoms with Gasteiger partial charge < -0.3 is 5.73 Å². The molecule has 0 fully saturated rings. The van der Waals surface area contributed by atoms with Crippen molar-refractivity contribution >= 4 is 19.7 Å². The molecule has 7 heteroatoms. The molecule has 0 amide bonds. The van der Waals surface area contributed by atoms with Gasteiger partial charge in [-0.05, 0) is 26.8 Å². The molecule has 0 saturated heterocycles. The Kier molecular flexibility index (Phi) is 5.76. The summed E-state index contributed by atoms with van der Waals surface area (Å²) in [6.45, 7) is 3.39. The predicted molar refractivity (Wildman–Crippen MR) is 61.2 cm³/mol. The molecule has 0 heterocycles. The monoisotopic (exact) mass is 257 g/mol. The molecular formula is C8H19NO4S2. The highest BCUT2D eigenvalue weighted by Gasteiger charge is 2.20. The van der Waals surface area contributed by atoms with Crippen molar-refractivity contribution < 1.29 is 16.8 Å². The molecule has 0 aromatic carbocycles. The summed E-state index contributed by atoms with van der Waals surface area (Å²) in [4.78, 5) is 0. The second kappa shape index (κ2) is 5.81. The van der Waals surface area contributed by atoms with Crippen LogP contribution in [0.1, 0.15) is 20.3 Å². The van der Waals surface area contributed by atoms with E-state index in [0.717, 1.165) is 0 Å². The van der Waals surface area contributed by atoms with Crippen LogP contribution in [0, 0.1) is 0 Å². The zero-order valence-electron chi connectivity index (χ0n) is 9.14. The Morgan fingerprint density at radius 1 is 1.00 bits per heavy atom. The highest BCUT2D eigenvalue weighted by Crippen LogP contribution is 2.03. The second-order valence-electron chi connectivity index (χ2n) is 3.71. The molecule has 0 unspecified atom stereocenters. The van der Waals surface area contributed by atoms with E-state index in [0.29, 0.717) is 13.0 Å². The van der Waals surface area contributed by atoms with E-state index in [9.17, 15) is 16.8 Å². The van der Waals surface area contributed by atoms with Crippen molar-refractivity contribution in [3.8, 4) is 0 Å². The molecule has 0 radical (unpaired) electrons. The Bertz CT molecular complexity index is 369. The van der Waals surface area contributed by atoms with Gasteiger partial charge in [0.2, 0.25) is 0 Å². The smallest absolute Gasteiger partial charge is 0.153 e. The third-order valence-electron chi connectivity index (χ3n) is 2.06. The maximum Gasteiger partial charge on any atom is 0.153 e. The molecule has 15 heavy (non-hydrogen) atoms. The molecule has 0 aliphatic rings. The van der Waals surface area contributed by atoms with Gasteiger partial charge in [0.25, 0.3) is 0 Å². The van der Waals surface area contributed by atoms with Crippen LogP contribution in [-0.4, -0.2) is 45.9 Å². The molecule has 0 bridgehead atoms. The van der Waals surface area contributed by atoms with Crippen molar-refractivity contribution in [3.63, 3.8) is 0 Å². The number of hydrogen-bond donors (Lipinski definition) is 1. The molecular weight excluding hydrogens is 238 g/mol. The molecule has 0 aromatic heterocycles. The van der Waals surface area contributed by atoms with Crippen LogP contribution in [0.4, 0.5) is 0 Å². The fraction of sp³-hybridized carbons (Fsp3) is 1.00. The maximum absolute atomic E-state index is 11.4. The van der Waals surface area contributed by atoms with Crippen LogP contribution in [0.2, 0.25) is 0 Å². The van der Waals surface area contributed by atoms with Crippen LogP contribution < -0.4 is 5.73 Å². The second-order valence-corrected chi connectivity index (χ2v) is 8.69. The van der Waals surface area contributed by atoms with Gasteiger partial charge >= 0.3 is 0 Å². The third kappa shape index (κ3) is 6.11. The highest BCUT2D eigenvalue weighted by atomic mass is 32.2. The van der Waals surface area contributed by atoms with E-state index < -0.39 is 24.9 Å². The van der Waals surface area contributed by atoms with E-state index in [2.05, 4.69) is 0 Å². The Morgan fingerprint density at radius 2 is 1.53 bits per heavy atom. The van der Waals surface area contributed by atoms with Gasteiger partial charge in [0.1, 0.15) is 0 Å². The zero-order valence-corrected chi connectivity index (χ0v) is 10.8. The number of sulfone groups is 2. The first-order valence-electron chi connectivity index (χ1n) is 4.83. The van der Waals surface area contributed by atoms with E-state index in [1.165, 1.54) is 0 Å². The summed E-state index contributed by atoms with van der Waals surface area (Å²) in [5.41, 5.74) is 5.18. The SMILES string of the molecule is CC(C)S(=O)(=O)CCS(=O)(=O)CCCN. The first kappa shape index (κ1) is 14.9. The van der Waals surface area contributed by atoms with Crippen molar-refractivity contribution in [3.05, 3.63) is 0 Å². The van der Waals surface area contributed by atoms with Crippen molar-refractivity contribution in [1.29, 1.82) is 0 Å². The lowest BCUT2D eigenvalue weighted by Gasteiger charge is -2.07. The summed E-state index contributed by atoms with van der Waals surface area (Å²) >= 11 is 0. The molecule has 0 aliphatic heterocycles. The van der Waals surface area contributed by atoms with Gasteiger partial charge in [0, 0.05) is 0 Å². The Morgan fingerprint density at radius 3 is 1.93 bits per heavy atom. The van der Waals surface area contributed by atoms with Crippen LogP contribution in [0.25, 0.3) is 0 Å². The summed E-state index contributed by atoms with van der Waals surface area (Å²) in [6.07, 6.45) is 0.379. The Hall–Kier alpha value is -0.140. The molecule has 0 atom stereocenters. The van der Waals surface area contributed by atoms with Crippen molar-refractivity contribution in [2.45, 2.75) is 25.5 Å². The van der Waals surface area contributed by atoms with E-state index in [-0.39, 0.29) is 17.3 Å². The summed E-state index contributed by atoms with van der Waals surface area (Å²) in [5, 5.41) is -0.526. The fourth-order valence-corrected chi connectivity index (χ4v) is 4.11. The molecule has 0 aromatic rings. The van der Waals surface area contributed by atoms with Crippen LogP contribution in [0.5, 0.6) is 0 Å². The van der Waals surface area contributed by atoms with E-state index in [1.54, 1.807) is 13.8 Å². The van der Waals surface area contributed by atoms with Crippen LogP contribution in [-0.2, 0) is 19.7 Å². The first-order valence-corrected chi connectivity index (χ1v) is 8.37. The van der Waals surface area contributed by atoms with E-state index >= 15 is 0 Å². The van der Waals surface area contributed by atoms with Gasteiger partial charge in [-0.25, -0.2) is 16.8 Å². The number of hydrogen-bond acceptors (Lipinski definition) is 5. The number of rotatable bonds is 7. The lowest BCUT2D eigenvalue weighted by molar-refractivity contribution is 0.581.